The molecule has 186 valence electrons. The zero-order chi connectivity index (χ0) is 23.8. The predicted octanol–water partition coefficient (Wildman–Crippen LogP) is 4.36. The molecule has 0 spiro atoms. The number of nitrogens with zero attached hydrogens (tertiary/aromatic N) is 1. The number of fused-ring (bicyclic) bond motifs is 1. The van der Waals surface area contributed by atoms with Crippen molar-refractivity contribution in [1.29, 1.82) is 0 Å². The van der Waals surface area contributed by atoms with Crippen LogP contribution in [-0.2, 0) is 4.79 Å². The van der Waals surface area contributed by atoms with E-state index in [0.717, 1.165) is 25.7 Å². The molecule has 0 bridgehead atoms. The van der Waals surface area contributed by atoms with Crippen LogP contribution in [0.15, 0.2) is 18.2 Å². The summed E-state index contributed by atoms with van der Waals surface area (Å²) < 4.78 is 51.5. The Balaban J connectivity index is 1.71. The maximum absolute atomic E-state index is 13.5. The van der Waals surface area contributed by atoms with E-state index in [2.05, 4.69) is 12.2 Å². The first-order valence-electron chi connectivity index (χ1n) is 12.0. The summed E-state index contributed by atoms with van der Waals surface area (Å²) in [5, 5.41) is 13.9. The van der Waals surface area contributed by atoms with E-state index in [1.807, 2.05) is 0 Å². The lowest BCUT2D eigenvalue weighted by molar-refractivity contribution is -0.177. The third kappa shape index (κ3) is 7.24. The molecule has 0 saturated carbocycles. The van der Waals surface area contributed by atoms with Crippen LogP contribution in [0.25, 0.3) is 0 Å². The topological polar surface area (TPSA) is 71.0 Å². The quantitative estimate of drug-likeness (QED) is 0.468. The van der Waals surface area contributed by atoms with Gasteiger partial charge in [-0.05, 0) is 43.5 Å². The predicted molar refractivity (Wildman–Crippen MR) is 118 cm³/mol. The van der Waals surface area contributed by atoms with Gasteiger partial charge in [-0.25, -0.2) is 0 Å². The molecule has 0 radical (unpaired) electrons. The lowest BCUT2D eigenvalue weighted by atomic mass is 10.00. The third-order valence-corrected chi connectivity index (χ3v) is 6.32. The molecule has 33 heavy (non-hydrogen) atoms. The van der Waals surface area contributed by atoms with Crippen LogP contribution < -0.4 is 14.8 Å². The fourth-order valence-corrected chi connectivity index (χ4v) is 4.54. The van der Waals surface area contributed by atoms with Crippen molar-refractivity contribution >= 4 is 5.91 Å². The first-order chi connectivity index (χ1) is 15.8. The zero-order valence-electron chi connectivity index (χ0n) is 19.2. The van der Waals surface area contributed by atoms with Gasteiger partial charge in [0.15, 0.2) is 11.5 Å². The number of benzene rings is 1. The number of aliphatic hydroxyl groups is 1. The van der Waals surface area contributed by atoms with Crippen molar-refractivity contribution in [2.45, 2.75) is 82.7 Å². The van der Waals surface area contributed by atoms with Gasteiger partial charge < -0.3 is 19.9 Å². The van der Waals surface area contributed by atoms with Crippen molar-refractivity contribution in [1.82, 2.24) is 10.2 Å². The molecule has 1 aromatic carbocycles. The van der Waals surface area contributed by atoms with E-state index in [1.165, 1.54) is 4.90 Å². The molecular formula is C24H35F3N2O4. The fraction of sp³-hybridized carbons (Fsp3) is 0.708. The summed E-state index contributed by atoms with van der Waals surface area (Å²) in [5.74, 6) is 0.783. The number of carbonyl (C=O) groups is 1. The minimum atomic E-state index is -4.34. The van der Waals surface area contributed by atoms with Crippen LogP contribution in [0.1, 0.15) is 70.0 Å². The maximum atomic E-state index is 13.5. The molecule has 2 heterocycles. The van der Waals surface area contributed by atoms with Crippen LogP contribution in [0, 0.1) is 0 Å². The Bertz CT molecular complexity index is 775. The summed E-state index contributed by atoms with van der Waals surface area (Å²) in [5.41, 5.74) is 0.468. The standard InChI is InChI=1S/C24H35F3N2O4/c1-2-3-4-5-6-9-22(30)28-18(16-29-12-7-8-21(29)24(25,26)27)23(31)17-10-11-19-20(15-17)33-14-13-32-19/h10-11,15,18,21,23,31H,2-9,12-14,16H2,1H3,(H,28,30)/t18-,21-,23-/m1/s1. The molecule has 1 fully saturated rings. The summed E-state index contributed by atoms with van der Waals surface area (Å²) in [4.78, 5) is 13.9. The molecule has 6 nitrogen and oxygen atoms in total. The summed E-state index contributed by atoms with van der Waals surface area (Å²) in [6.45, 7) is 3.12. The van der Waals surface area contributed by atoms with Crippen LogP contribution in [0.5, 0.6) is 11.5 Å². The molecule has 0 aromatic heterocycles. The maximum Gasteiger partial charge on any atom is 0.404 e. The number of aliphatic hydroxyl groups excluding tert-OH is 1. The highest BCUT2D eigenvalue weighted by molar-refractivity contribution is 5.76. The van der Waals surface area contributed by atoms with Crippen LogP contribution in [0.4, 0.5) is 13.2 Å². The average molecular weight is 473 g/mol. The largest absolute Gasteiger partial charge is 0.486 e. The molecule has 2 aliphatic rings. The normalized spacial score (nSPS) is 20.5. The molecule has 1 amide bonds. The molecule has 0 aliphatic carbocycles. The number of amides is 1. The molecule has 0 unspecified atom stereocenters. The Labute approximate surface area is 193 Å². The van der Waals surface area contributed by atoms with Crippen LogP contribution in [-0.4, -0.2) is 60.5 Å². The van der Waals surface area contributed by atoms with Crippen LogP contribution >= 0.6 is 0 Å². The smallest absolute Gasteiger partial charge is 0.404 e. The van der Waals surface area contributed by atoms with Gasteiger partial charge in [-0.15, -0.1) is 0 Å². The number of ether oxygens (including phenoxy) is 2. The molecule has 2 aliphatic heterocycles. The molecule has 3 atom stereocenters. The van der Waals surface area contributed by atoms with Crippen molar-refractivity contribution in [3.63, 3.8) is 0 Å². The molecular weight excluding hydrogens is 437 g/mol. The van der Waals surface area contributed by atoms with Crippen molar-refractivity contribution in [2.24, 2.45) is 0 Å². The Morgan fingerprint density at radius 2 is 1.91 bits per heavy atom. The van der Waals surface area contributed by atoms with Crippen molar-refractivity contribution in [2.75, 3.05) is 26.3 Å². The minimum absolute atomic E-state index is 0.0295. The van der Waals surface area contributed by atoms with Gasteiger partial charge in [-0.3, -0.25) is 9.69 Å². The molecule has 1 aromatic rings. The number of halogens is 3. The van der Waals surface area contributed by atoms with Crippen molar-refractivity contribution in [3.8, 4) is 11.5 Å². The van der Waals surface area contributed by atoms with Gasteiger partial charge in [0.1, 0.15) is 25.4 Å². The molecule has 3 rings (SSSR count). The van der Waals surface area contributed by atoms with E-state index in [9.17, 15) is 23.1 Å². The number of hydrogen-bond acceptors (Lipinski definition) is 5. The minimum Gasteiger partial charge on any atom is -0.486 e. The zero-order valence-corrected chi connectivity index (χ0v) is 19.2. The van der Waals surface area contributed by atoms with E-state index >= 15 is 0 Å². The summed E-state index contributed by atoms with van der Waals surface area (Å²) >= 11 is 0. The van der Waals surface area contributed by atoms with Gasteiger partial charge in [-0.1, -0.05) is 38.7 Å². The Kier molecular flexibility index (Phi) is 9.26. The number of likely N-dealkylation sites (tertiary alicyclic amines) is 1. The number of rotatable bonds is 11. The summed E-state index contributed by atoms with van der Waals surface area (Å²) in [6, 6.07) is 2.53. The van der Waals surface area contributed by atoms with Gasteiger partial charge in [0.2, 0.25) is 5.91 Å². The van der Waals surface area contributed by atoms with E-state index in [1.54, 1.807) is 18.2 Å². The first-order valence-corrected chi connectivity index (χ1v) is 12.0. The Morgan fingerprint density at radius 3 is 2.64 bits per heavy atom. The highest BCUT2D eigenvalue weighted by Crippen LogP contribution is 2.35. The SMILES string of the molecule is CCCCCCCC(=O)N[C@H](CN1CCC[C@@H]1C(F)(F)F)[C@H](O)c1ccc2c(c1)OCCO2. The average Bonchev–Trinajstić information content (AvgIpc) is 3.26. The van der Waals surface area contributed by atoms with E-state index < -0.39 is 24.4 Å². The van der Waals surface area contributed by atoms with E-state index in [4.69, 9.17) is 9.47 Å². The summed E-state index contributed by atoms with van der Waals surface area (Å²) in [7, 11) is 0. The van der Waals surface area contributed by atoms with Gasteiger partial charge in [0.25, 0.3) is 0 Å². The molecule has 9 heteroatoms. The summed E-state index contributed by atoms with van der Waals surface area (Å²) in [6.07, 6.45) is 0.139. The molecule has 2 N–H and O–H groups in total. The lowest BCUT2D eigenvalue weighted by Gasteiger charge is -2.33. The van der Waals surface area contributed by atoms with E-state index in [0.29, 0.717) is 43.1 Å². The highest BCUT2D eigenvalue weighted by atomic mass is 19.4. The van der Waals surface area contributed by atoms with Gasteiger partial charge in [-0.2, -0.15) is 13.2 Å². The van der Waals surface area contributed by atoms with Crippen molar-refractivity contribution in [3.05, 3.63) is 23.8 Å². The van der Waals surface area contributed by atoms with Crippen LogP contribution in [0.3, 0.4) is 0 Å². The van der Waals surface area contributed by atoms with Gasteiger partial charge in [0, 0.05) is 13.0 Å². The fourth-order valence-electron chi connectivity index (χ4n) is 4.54. The number of unbranched alkanes of at least 4 members (excludes halogenated alkanes) is 4. The third-order valence-electron chi connectivity index (χ3n) is 6.32. The number of alkyl halides is 3. The number of hydrogen-bond donors (Lipinski definition) is 2. The first kappa shape index (κ1) is 25.6. The lowest BCUT2D eigenvalue weighted by Crippen LogP contribution is -2.51. The van der Waals surface area contributed by atoms with Crippen LogP contribution in [0.2, 0.25) is 0 Å². The monoisotopic (exact) mass is 472 g/mol. The van der Waals surface area contributed by atoms with Gasteiger partial charge >= 0.3 is 6.18 Å². The second-order valence-electron chi connectivity index (χ2n) is 8.88. The van der Waals surface area contributed by atoms with E-state index in [-0.39, 0.29) is 31.8 Å². The molecule has 1 saturated heterocycles. The highest BCUT2D eigenvalue weighted by Gasteiger charge is 2.46. The second kappa shape index (κ2) is 11.9. The second-order valence-corrected chi connectivity index (χ2v) is 8.88. The van der Waals surface area contributed by atoms with Crippen molar-refractivity contribution < 1.29 is 32.5 Å². The van der Waals surface area contributed by atoms with Gasteiger partial charge in [0.05, 0.1) is 6.04 Å². The Morgan fingerprint density at radius 1 is 1.18 bits per heavy atom. The number of carbonyl (C=O) groups excluding carboxylic acids is 1. The number of nitrogens with one attached hydrogen (secondary N) is 1. The Hall–Kier alpha value is -2.00.